The Kier molecular flexibility index (Phi) is 5.07. The standard InChI is InChI=1S/C23H26FN3O/c1-15-3-8-21-20(13-15)16(2)22(26-21)18-9-11-27(12-10-18)23(28)25-14-17-4-6-19(24)7-5-17/h3-8,13,18,26H,9-12,14H2,1-2H3,(H,25,28). The summed E-state index contributed by atoms with van der Waals surface area (Å²) >= 11 is 0. The predicted octanol–water partition coefficient (Wildman–Crippen LogP) is 5.01. The predicted molar refractivity (Wildman–Crippen MR) is 110 cm³/mol. The Balaban J connectivity index is 1.36. The zero-order valence-electron chi connectivity index (χ0n) is 16.4. The molecule has 0 unspecified atom stereocenters. The first kappa shape index (κ1) is 18.5. The van der Waals surface area contributed by atoms with Crippen molar-refractivity contribution in [2.45, 2.75) is 39.2 Å². The molecule has 1 aromatic heterocycles. The van der Waals surface area contributed by atoms with Crippen LogP contribution in [-0.4, -0.2) is 29.0 Å². The van der Waals surface area contributed by atoms with Crippen LogP contribution in [0.15, 0.2) is 42.5 Å². The van der Waals surface area contributed by atoms with Gasteiger partial charge in [0.1, 0.15) is 5.82 Å². The summed E-state index contributed by atoms with van der Waals surface area (Å²) in [6, 6.07) is 12.7. The van der Waals surface area contributed by atoms with Gasteiger partial charge in [0.05, 0.1) is 0 Å². The van der Waals surface area contributed by atoms with Crippen molar-refractivity contribution >= 4 is 16.9 Å². The van der Waals surface area contributed by atoms with Gasteiger partial charge in [-0.15, -0.1) is 0 Å². The van der Waals surface area contributed by atoms with Crippen molar-refractivity contribution in [2.24, 2.45) is 0 Å². The maximum absolute atomic E-state index is 13.0. The number of halogens is 1. The zero-order chi connectivity index (χ0) is 19.7. The summed E-state index contributed by atoms with van der Waals surface area (Å²) in [4.78, 5) is 17.9. The number of aromatic amines is 1. The van der Waals surface area contributed by atoms with Crippen LogP contribution in [0.2, 0.25) is 0 Å². The number of aromatic nitrogens is 1. The van der Waals surface area contributed by atoms with Crippen LogP contribution >= 0.6 is 0 Å². The second-order valence-electron chi connectivity index (χ2n) is 7.76. The number of urea groups is 1. The first-order chi connectivity index (χ1) is 13.5. The van der Waals surface area contributed by atoms with Crippen LogP contribution in [-0.2, 0) is 6.54 Å². The Hall–Kier alpha value is -2.82. The van der Waals surface area contributed by atoms with E-state index in [4.69, 9.17) is 0 Å². The molecular formula is C23H26FN3O. The number of hydrogen-bond donors (Lipinski definition) is 2. The van der Waals surface area contributed by atoms with Gasteiger partial charge in [0.25, 0.3) is 0 Å². The van der Waals surface area contributed by atoms with E-state index in [0.29, 0.717) is 12.5 Å². The molecule has 0 saturated carbocycles. The molecule has 2 N–H and O–H groups in total. The largest absolute Gasteiger partial charge is 0.358 e. The van der Waals surface area contributed by atoms with Gasteiger partial charge in [-0.1, -0.05) is 23.8 Å². The lowest BCUT2D eigenvalue weighted by atomic mass is 9.91. The molecule has 0 bridgehead atoms. The van der Waals surface area contributed by atoms with Gasteiger partial charge >= 0.3 is 6.03 Å². The van der Waals surface area contributed by atoms with E-state index in [1.165, 1.54) is 39.9 Å². The number of fused-ring (bicyclic) bond motifs is 1. The maximum atomic E-state index is 13.0. The molecule has 2 aromatic carbocycles. The number of carbonyl (C=O) groups excluding carboxylic acids is 1. The third-order valence-corrected chi connectivity index (χ3v) is 5.80. The zero-order valence-corrected chi connectivity index (χ0v) is 16.4. The molecule has 4 rings (SSSR count). The molecule has 0 spiro atoms. The Morgan fingerprint density at radius 2 is 1.86 bits per heavy atom. The number of H-pyrrole nitrogens is 1. The van der Waals surface area contributed by atoms with Crippen molar-refractivity contribution in [1.82, 2.24) is 15.2 Å². The second-order valence-corrected chi connectivity index (χ2v) is 7.76. The number of aryl methyl sites for hydroxylation is 2. The van der Waals surface area contributed by atoms with E-state index in [0.717, 1.165) is 31.5 Å². The summed E-state index contributed by atoms with van der Waals surface area (Å²) in [5.41, 5.74) is 6.00. The van der Waals surface area contributed by atoms with Crippen LogP contribution in [0.4, 0.5) is 9.18 Å². The third kappa shape index (κ3) is 3.75. The molecule has 28 heavy (non-hydrogen) atoms. The van der Waals surface area contributed by atoms with Crippen LogP contribution in [0.5, 0.6) is 0 Å². The summed E-state index contributed by atoms with van der Waals surface area (Å²) in [5.74, 6) is 0.188. The number of piperidine rings is 1. The van der Waals surface area contributed by atoms with Crippen molar-refractivity contribution < 1.29 is 9.18 Å². The number of nitrogens with one attached hydrogen (secondary N) is 2. The fourth-order valence-corrected chi connectivity index (χ4v) is 4.13. The Bertz CT molecular complexity index is 985. The van der Waals surface area contributed by atoms with Crippen molar-refractivity contribution in [3.8, 4) is 0 Å². The molecule has 5 heteroatoms. The number of hydrogen-bond acceptors (Lipinski definition) is 1. The Labute approximate surface area is 164 Å². The fraction of sp³-hybridized carbons (Fsp3) is 0.348. The highest BCUT2D eigenvalue weighted by atomic mass is 19.1. The van der Waals surface area contributed by atoms with Gasteiger partial charge in [-0.3, -0.25) is 0 Å². The topological polar surface area (TPSA) is 48.1 Å². The Morgan fingerprint density at radius 3 is 2.57 bits per heavy atom. The average molecular weight is 379 g/mol. The molecule has 1 aliphatic heterocycles. The molecule has 4 nitrogen and oxygen atoms in total. The van der Waals surface area contributed by atoms with Crippen molar-refractivity contribution in [3.63, 3.8) is 0 Å². The van der Waals surface area contributed by atoms with E-state index in [1.807, 2.05) is 4.90 Å². The van der Waals surface area contributed by atoms with Crippen LogP contribution < -0.4 is 5.32 Å². The molecule has 1 saturated heterocycles. The first-order valence-corrected chi connectivity index (χ1v) is 9.87. The third-order valence-electron chi connectivity index (χ3n) is 5.80. The molecule has 0 atom stereocenters. The molecule has 2 amide bonds. The quantitative estimate of drug-likeness (QED) is 0.660. The first-order valence-electron chi connectivity index (χ1n) is 9.87. The number of amides is 2. The van der Waals surface area contributed by atoms with Gasteiger partial charge in [0.15, 0.2) is 0 Å². The summed E-state index contributed by atoms with van der Waals surface area (Å²) in [7, 11) is 0. The maximum Gasteiger partial charge on any atom is 0.317 e. The normalized spacial score (nSPS) is 15.2. The van der Waals surface area contributed by atoms with Crippen molar-refractivity contribution in [2.75, 3.05) is 13.1 Å². The van der Waals surface area contributed by atoms with Gasteiger partial charge in [-0.2, -0.15) is 0 Å². The van der Waals surface area contributed by atoms with E-state index in [2.05, 4.69) is 42.3 Å². The second kappa shape index (κ2) is 7.66. The average Bonchev–Trinajstić information content (AvgIpc) is 3.03. The summed E-state index contributed by atoms with van der Waals surface area (Å²) in [6.07, 6.45) is 1.91. The van der Waals surface area contributed by atoms with Crippen LogP contribution in [0.25, 0.3) is 10.9 Å². The highest BCUT2D eigenvalue weighted by Crippen LogP contribution is 2.33. The number of nitrogens with zero attached hydrogens (tertiary/aromatic N) is 1. The number of benzene rings is 2. The molecule has 146 valence electrons. The lowest BCUT2D eigenvalue weighted by Crippen LogP contribution is -2.43. The molecule has 0 radical (unpaired) electrons. The van der Waals surface area contributed by atoms with E-state index >= 15 is 0 Å². The minimum Gasteiger partial charge on any atom is -0.358 e. The van der Waals surface area contributed by atoms with Crippen LogP contribution in [0.3, 0.4) is 0 Å². The summed E-state index contributed by atoms with van der Waals surface area (Å²) in [6.45, 7) is 6.21. The number of rotatable bonds is 3. The minimum atomic E-state index is -0.264. The van der Waals surface area contributed by atoms with Gasteiger partial charge in [0.2, 0.25) is 0 Å². The monoisotopic (exact) mass is 379 g/mol. The highest BCUT2D eigenvalue weighted by molar-refractivity contribution is 5.85. The van der Waals surface area contributed by atoms with Gasteiger partial charge in [-0.05, 0) is 62.1 Å². The van der Waals surface area contributed by atoms with Crippen molar-refractivity contribution in [1.29, 1.82) is 0 Å². The van der Waals surface area contributed by atoms with Crippen molar-refractivity contribution in [3.05, 3.63) is 70.7 Å². The molecule has 2 heterocycles. The molecule has 3 aromatic rings. The van der Waals surface area contributed by atoms with E-state index in [-0.39, 0.29) is 11.8 Å². The molecular weight excluding hydrogens is 353 g/mol. The molecule has 1 aliphatic rings. The lowest BCUT2D eigenvalue weighted by Gasteiger charge is -2.32. The summed E-state index contributed by atoms with van der Waals surface area (Å²) in [5, 5.41) is 4.24. The minimum absolute atomic E-state index is 0.0493. The number of carbonyl (C=O) groups is 1. The van der Waals surface area contributed by atoms with E-state index in [9.17, 15) is 9.18 Å². The fourth-order valence-electron chi connectivity index (χ4n) is 4.13. The Morgan fingerprint density at radius 1 is 1.14 bits per heavy atom. The SMILES string of the molecule is Cc1ccc2[nH]c(C3CCN(C(=O)NCc4ccc(F)cc4)CC3)c(C)c2c1. The molecule has 1 fully saturated rings. The smallest absolute Gasteiger partial charge is 0.317 e. The summed E-state index contributed by atoms with van der Waals surface area (Å²) < 4.78 is 13.0. The van der Waals surface area contributed by atoms with Gasteiger partial charge in [-0.25, -0.2) is 9.18 Å². The molecule has 0 aliphatic carbocycles. The van der Waals surface area contributed by atoms with Gasteiger partial charge in [0, 0.05) is 42.1 Å². The van der Waals surface area contributed by atoms with Gasteiger partial charge < -0.3 is 15.2 Å². The van der Waals surface area contributed by atoms with E-state index in [1.54, 1.807) is 12.1 Å². The lowest BCUT2D eigenvalue weighted by molar-refractivity contribution is 0.180. The highest BCUT2D eigenvalue weighted by Gasteiger charge is 2.26. The van der Waals surface area contributed by atoms with E-state index < -0.39 is 0 Å². The van der Waals surface area contributed by atoms with Crippen LogP contribution in [0, 0.1) is 19.7 Å². The van der Waals surface area contributed by atoms with Crippen LogP contribution in [0.1, 0.15) is 41.1 Å². The number of likely N-dealkylation sites (tertiary alicyclic amines) is 1.